The molecule has 1 unspecified atom stereocenters. The van der Waals surface area contributed by atoms with E-state index in [1.165, 1.54) is 5.56 Å². The molecule has 0 radical (unpaired) electrons. The van der Waals surface area contributed by atoms with Crippen LogP contribution in [0.15, 0.2) is 52.4 Å². The Labute approximate surface area is 198 Å². The number of nitrogens with two attached hydrogens (primary N) is 1. The van der Waals surface area contributed by atoms with Crippen LogP contribution in [0.1, 0.15) is 11.1 Å². The number of nitrogen functional groups attached to an aromatic ring is 1. The monoisotopic (exact) mass is 486 g/mol. The van der Waals surface area contributed by atoms with Crippen LogP contribution in [0.3, 0.4) is 0 Å². The number of hydrogen-bond donors (Lipinski definition) is 3. The highest BCUT2D eigenvalue weighted by Gasteiger charge is 2.31. The molecule has 2 heterocycles. The lowest BCUT2D eigenvalue weighted by Gasteiger charge is -2.27. The molecule has 0 saturated heterocycles. The summed E-state index contributed by atoms with van der Waals surface area (Å²) < 4.78 is 0. The van der Waals surface area contributed by atoms with Crippen LogP contribution >= 0.6 is 32.2 Å². The molecule has 2 aliphatic rings. The minimum absolute atomic E-state index is 0.104. The quantitative estimate of drug-likeness (QED) is 0.343. The van der Waals surface area contributed by atoms with Crippen molar-refractivity contribution in [1.29, 1.82) is 5.41 Å². The first kappa shape index (κ1) is 22.6. The summed E-state index contributed by atoms with van der Waals surface area (Å²) in [7, 11) is 5.62. The summed E-state index contributed by atoms with van der Waals surface area (Å²) >= 11 is 7.49. The molecule has 32 heavy (non-hydrogen) atoms. The maximum atomic E-state index is 13.0. The smallest absolute Gasteiger partial charge is 0.247 e. The number of amides is 1. The van der Waals surface area contributed by atoms with E-state index in [9.17, 15) is 4.79 Å². The highest BCUT2D eigenvalue weighted by atomic mass is 35.5. The fourth-order valence-electron chi connectivity index (χ4n) is 3.71. The third-order valence-corrected chi connectivity index (χ3v) is 7.52. The molecule has 1 amide bonds. The van der Waals surface area contributed by atoms with Gasteiger partial charge in [-0.1, -0.05) is 50.8 Å². The van der Waals surface area contributed by atoms with Crippen molar-refractivity contribution in [1.82, 2.24) is 10.2 Å². The van der Waals surface area contributed by atoms with Gasteiger partial charge in [-0.2, -0.15) is 0 Å². The first-order chi connectivity index (χ1) is 15.3. The Bertz CT molecular complexity index is 1100. The van der Waals surface area contributed by atoms with Crippen molar-refractivity contribution >= 4 is 66.4 Å². The normalized spacial score (nSPS) is 20.1. The average molecular weight is 487 g/mol. The van der Waals surface area contributed by atoms with Gasteiger partial charge in [0.15, 0.2) is 0 Å². The van der Waals surface area contributed by atoms with Gasteiger partial charge in [-0.25, -0.2) is 0 Å². The molecular weight excluding hydrogens is 463 g/mol. The summed E-state index contributed by atoms with van der Waals surface area (Å²) in [5.74, 6) is 0.517. The Kier molecular flexibility index (Phi) is 6.74. The first-order valence-electron chi connectivity index (χ1n) is 10.1. The van der Waals surface area contributed by atoms with Gasteiger partial charge in [-0.3, -0.25) is 15.2 Å². The van der Waals surface area contributed by atoms with Gasteiger partial charge < -0.3 is 20.9 Å². The van der Waals surface area contributed by atoms with E-state index in [0.29, 0.717) is 23.5 Å². The molecule has 0 saturated carbocycles. The van der Waals surface area contributed by atoms with Crippen molar-refractivity contribution in [3.8, 4) is 0 Å². The SMILES string of the molecule is CN1C(=P)[C@@H](NC(=O)C2CN(Cc3ccccc3)C=N2)CSc2cc(N)c(C(=N)Cl)cc21. The second-order valence-corrected chi connectivity index (χ2v) is 9.69. The summed E-state index contributed by atoms with van der Waals surface area (Å²) in [5, 5.41) is 10.8. The molecule has 166 valence electrons. The van der Waals surface area contributed by atoms with Crippen LogP contribution in [0.5, 0.6) is 0 Å². The first-order valence-corrected chi connectivity index (χ1v) is 11.9. The van der Waals surface area contributed by atoms with E-state index in [1.807, 2.05) is 41.1 Å². The number of rotatable bonds is 5. The van der Waals surface area contributed by atoms with Crippen LogP contribution in [0.4, 0.5) is 11.4 Å². The number of nitrogens with zero attached hydrogens (tertiary/aromatic N) is 3. The van der Waals surface area contributed by atoms with Gasteiger partial charge in [0.05, 0.1) is 30.0 Å². The lowest BCUT2D eigenvalue weighted by Crippen LogP contribution is -2.50. The highest BCUT2D eigenvalue weighted by Crippen LogP contribution is 2.38. The third-order valence-electron chi connectivity index (χ3n) is 5.49. The molecule has 2 aliphatic heterocycles. The standard InChI is InChI=1S/C22H24ClN6OPS/c1-28-18-7-14(20(23)25)15(24)8-19(18)32-11-17(22(28)31)27-21(30)16-10-29(12-26-16)9-13-5-3-2-4-6-13/h2-8,12,16-17,25,31H,9-11,24H2,1H3,(H,27,30)/t16?,17-/m0/s1. The Hall–Kier alpha value is -2.54. The van der Waals surface area contributed by atoms with Crippen LogP contribution in [0.25, 0.3) is 0 Å². The van der Waals surface area contributed by atoms with Crippen molar-refractivity contribution in [2.24, 2.45) is 4.99 Å². The predicted octanol–water partition coefficient (Wildman–Crippen LogP) is 3.05. The van der Waals surface area contributed by atoms with Gasteiger partial charge in [0.2, 0.25) is 5.91 Å². The number of halogens is 1. The second-order valence-electron chi connectivity index (χ2n) is 7.73. The summed E-state index contributed by atoms with van der Waals surface area (Å²) in [6, 6.07) is 13.1. The zero-order valence-electron chi connectivity index (χ0n) is 17.5. The molecule has 0 bridgehead atoms. The molecule has 4 N–H and O–H groups in total. The minimum Gasteiger partial charge on any atom is -0.398 e. The Morgan fingerprint density at radius 2 is 2.12 bits per heavy atom. The summed E-state index contributed by atoms with van der Waals surface area (Å²) in [5.41, 5.74) is 9.88. The number of thioether (sulfide) groups is 1. The minimum atomic E-state index is -0.446. The Morgan fingerprint density at radius 3 is 2.84 bits per heavy atom. The molecule has 2 aromatic rings. The zero-order chi connectivity index (χ0) is 22.8. The zero-order valence-corrected chi connectivity index (χ0v) is 20.1. The van der Waals surface area contributed by atoms with Gasteiger partial charge in [0.1, 0.15) is 11.2 Å². The number of hydrogen-bond acceptors (Lipinski definition) is 6. The van der Waals surface area contributed by atoms with Crippen molar-refractivity contribution in [3.63, 3.8) is 0 Å². The number of carbonyl (C=O) groups excluding carboxylic acids is 1. The van der Waals surface area contributed by atoms with Crippen molar-refractivity contribution < 1.29 is 4.79 Å². The topological polar surface area (TPSA) is 97.8 Å². The van der Waals surface area contributed by atoms with Crippen molar-refractivity contribution in [2.75, 3.05) is 30.0 Å². The van der Waals surface area contributed by atoms with Crippen LogP contribution < -0.4 is 16.0 Å². The van der Waals surface area contributed by atoms with E-state index in [-0.39, 0.29) is 17.1 Å². The van der Waals surface area contributed by atoms with E-state index < -0.39 is 6.04 Å². The van der Waals surface area contributed by atoms with E-state index >= 15 is 0 Å². The number of anilines is 2. The van der Waals surface area contributed by atoms with E-state index in [2.05, 4.69) is 31.3 Å². The number of fused-ring (bicyclic) bond motifs is 1. The average Bonchev–Trinajstić information content (AvgIpc) is 3.20. The van der Waals surface area contributed by atoms with E-state index in [1.54, 1.807) is 24.2 Å². The summed E-state index contributed by atoms with van der Waals surface area (Å²) in [6.07, 6.45) is 1.75. The fourth-order valence-corrected chi connectivity index (χ4v) is 5.46. The van der Waals surface area contributed by atoms with E-state index in [0.717, 1.165) is 22.5 Å². The third kappa shape index (κ3) is 4.77. The van der Waals surface area contributed by atoms with Crippen LogP contribution in [-0.2, 0) is 11.3 Å². The number of nitrogens with one attached hydrogen (secondary N) is 2. The number of carbonyl (C=O) groups is 1. The molecule has 2 atom stereocenters. The second kappa shape index (κ2) is 9.53. The van der Waals surface area contributed by atoms with Gasteiger partial charge >= 0.3 is 0 Å². The molecule has 0 aliphatic carbocycles. The van der Waals surface area contributed by atoms with Crippen molar-refractivity contribution in [3.05, 3.63) is 53.6 Å². The Morgan fingerprint density at radius 1 is 1.38 bits per heavy atom. The molecule has 0 aromatic heterocycles. The molecule has 0 fully saturated rings. The lowest BCUT2D eigenvalue weighted by atomic mass is 10.1. The summed E-state index contributed by atoms with van der Waals surface area (Å²) in [6.45, 7) is 1.27. The highest BCUT2D eigenvalue weighted by molar-refractivity contribution is 7.99. The Balaban J connectivity index is 1.42. The molecular formula is C22H24ClN6OPS. The molecule has 4 rings (SSSR count). The lowest BCUT2D eigenvalue weighted by molar-refractivity contribution is -0.122. The van der Waals surface area contributed by atoms with Crippen LogP contribution in [-0.4, -0.2) is 59.2 Å². The summed E-state index contributed by atoms with van der Waals surface area (Å²) in [4.78, 5) is 22.3. The number of likely N-dealkylation sites (N-methyl/N-ethyl adjacent to an activating group) is 1. The maximum absolute atomic E-state index is 13.0. The van der Waals surface area contributed by atoms with Gasteiger partial charge in [0, 0.05) is 35.5 Å². The van der Waals surface area contributed by atoms with Gasteiger partial charge in [-0.15, -0.1) is 11.8 Å². The van der Waals surface area contributed by atoms with Gasteiger partial charge in [0.25, 0.3) is 0 Å². The maximum Gasteiger partial charge on any atom is 0.247 e. The number of aliphatic imine (C=N–C) groups is 1. The molecule has 10 heteroatoms. The van der Waals surface area contributed by atoms with Crippen LogP contribution in [0.2, 0.25) is 0 Å². The predicted molar refractivity (Wildman–Crippen MR) is 137 cm³/mol. The van der Waals surface area contributed by atoms with Gasteiger partial charge in [-0.05, 0) is 17.7 Å². The van der Waals surface area contributed by atoms with Crippen molar-refractivity contribution in [2.45, 2.75) is 23.5 Å². The van der Waals surface area contributed by atoms with Crippen LogP contribution in [0, 0.1) is 5.41 Å². The molecule has 2 aromatic carbocycles. The van der Waals surface area contributed by atoms with E-state index in [4.69, 9.17) is 22.7 Å². The molecule has 0 spiro atoms. The number of benzene rings is 2. The largest absolute Gasteiger partial charge is 0.398 e. The molecule has 7 nitrogen and oxygen atoms in total. The fraction of sp³-hybridized carbons (Fsp3) is 0.273.